The molecule has 4 nitrogen and oxygen atoms in total. The molecule has 2 rings (SSSR count). The standard InChI is InChI=1S/C9H11N3O/c1-7-10-12-6-4-3-5-8(12)9(13)11(7)2/h3-5H,6H2,1-2H3. The summed E-state index contributed by atoms with van der Waals surface area (Å²) in [6, 6.07) is 0. The van der Waals surface area contributed by atoms with Crippen LogP contribution in [0.2, 0.25) is 0 Å². The molecule has 1 amide bonds. The van der Waals surface area contributed by atoms with Gasteiger partial charge in [-0.25, -0.2) is 0 Å². The molecule has 68 valence electrons. The van der Waals surface area contributed by atoms with E-state index in [4.69, 9.17) is 0 Å². The van der Waals surface area contributed by atoms with Crippen molar-refractivity contribution >= 4 is 11.7 Å². The van der Waals surface area contributed by atoms with Crippen LogP contribution in [0.3, 0.4) is 0 Å². The van der Waals surface area contributed by atoms with E-state index < -0.39 is 0 Å². The minimum Gasteiger partial charge on any atom is -0.297 e. The van der Waals surface area contributed by atoms with Gasteiger partial charge in [-0.3, -0.25) is 14.7 Å². The van der Waals surface area contributed by atoms with Gasteiger partial charge in [-0.2, -0.15) is 5.10 Å². The first-order valence-electron chi connectivity index (χ1n) is 4.18. The number of carbonyl (C=O) groups excluding carboxylic acids is 1. The first-order chi connectivity index (χ1) is 6.20. The van der Waals surface area contributed by atoms with Gasteiger partial charge in [0.1, 0.15) is 11.5 Å². The zero-order valence-electron chi connectivity index (χ0n) is 7.69. The summed E-state index contributed by atoms with van der Waals surface area (Å²) in [7, 11) is 1.73. The van der Waals surface area contributed by atoms with Crippen LogP contribution in [0.4, 0.5) is 0 Å². The Morgan fingerprint density at radius 1 is 1.54 bits per heavy atom. The Morgan fingerprint density at radius 2 is 2.31 bits per heavy atom. The van der Waals surface area contributed by atoms with Crippen LogP contribution in [0, 0.1) is 0 Å². The zero-order valence-corrected chi connectivity index (χ0v) is 7.69. The van der Waals surface area contributed by atoms with Gasteiger partial charge in [0.15, 0.2) is 0 Å². The van der Waals surface area contributed by atoms with Gasteiger partial charge in [0.25, 0.3) is 5.91 Å². The summed E-state index contributed by atoms with van der Waals surface area (Å²) < 4.78 is 0. The van der Waals surface area contributed by atoms with Crippen LogP contribution in [0.15, 0.2) is 29.0 Å². The largest absolute Gasteiger partial charge is 0.297 e. The van der Waals surface area contributed by atoms with Crippen molar-refractivity contribution in [1.82, 2.24) is 9.91 Å². The molecule has 2 aliphatic rings. The smallest absolute Gasteiger partial charge is 0.277 e. The molecule has 13 heavy (non-hydrogen) atoms. The molecule has 4 heteroatoms. The first kappa shape index (κ1) is 8.04. The average molecular weight is 177 g/mol. The number of rotatable bonds is 0. The maximum atomic E-state index is 11.7. The Kier molecular flexibility index (Phi) is 1.69. The topological polar surface area (TPSA) is 35.9 Å². The van der Waals surface area contributed by atoms with E-state index in [0.29, 0.717) is 12.2 Å². The Labute approximate surface area is 76.8 Å². The second-order valence-corrected chi connectivity index (χ2v) is 3.07. The lowest BCUT2D eigenvalue weighted by Gasteiger charge is -2.31. The number of allylic oxidation sites excluding steroid dienone is 2. The first-order valence-corrected chi connectivity index (χ1v) is 4.18. The molecule has 0 unspecified atom stereocenters. The van der Waals surface area contributed by atoms with E-state index in [-0.39, 0.29) is 5.91 Å². The number of hydrogen-bond donors (Lipinski definition) is 0. The lowest BCUT2D eigenvalue weighted by atomic mass is 10.2. The maximum absolute atomic E-state index is 11.7. The van der Waals surface area contributed by atoms with Gasteiger partial charge in [-0.05, 0) is 13.0 Å². The number of hydrogen-bond acceptors (Lipinski definition) is 3. The van der Waals surface area contributed by atoms with Gasteiger partial charge in [-0.1, -0.05) is 12.2 Å². The van der Waals surface area contributed by atoms with Crippen molar-refractivity contribution in [1.29, 1.82) is 0 Å². The highest BCUT2D eigenvalue weighted by molar-refractivity contribution is 6.06. The maximum Gasteiger partial charge on any atom is 0.277 e. The molecule has 0 atom stereocenters. The molecule has 0 aliphatic carbocycles. The van der Waals surface area contributed by atoms with Crippen molar-refractivity contribution in [3.05, 3.63) is 23.9 Å². The van der Waals surface area contributed by atoms with Crippen LogP contribution in [-0.2, 0) is 4.79 Å². The number of hydrazone groups is 1. The Balaban J connectivity index is 2.43. The molecule has 2 aliphatic heterocycles. The predicted octanol–water partition coefficient (Wildman–Crippen LogP) is 0.547. The number of likely N-dealkylation sites (N-methyl/N-ethyl adjacent to an activating group) is 1. The summed E-state index contributed by atoms with van der Waals surface area (Å²) in [5.41, 5.74) is 0.649. The molecule has 0 aromatic heterocycles. The van der Waals surface area contributed by atoms with Gasteiger partial charge in [0.05, 0.1) is 6.54 Å². The number of nitrogens with zero attached hydrogens (tertiary/aromatic N) is 3. The molecule has 0 saturated heterocycles. The van der Waals surface area contributed by atoms with Crippen LogP contribution in [0.25, 0.3) is 0 Å². The third kappa shape index (κ3) is 1.14. The van der Waals surface area contributed by atoms with E-state index >= 15 is 0 Å². The van der Waals surface area contributed by atoms with E-state index in [1.165, 1.54) is 0 Å². The second kappa shape index (κ2) is 2.73. The van der Waals surface area contributed by atoms with E-state index in [2.05, 4.69) is 5.10 Å². The number of amidine groups is 1. The van der Waals surface area contributed by atoms with Crippen LogP contribution >= 0.6 is 0 Å². The van der Waals surface area contributed by atoms with E-state index in [0.717, 1.165) is 5.84 Å². The molecule has 0 N–H and O–H groups in total. The third-order valence-electron chi connectivity index (χ3n) is 2.22. The number of amides is 1. The molecule has 0 aromatic carbocycles. The molecular formula is C9H11N3O. The number of carbonyl (C=O) groups is 1. The molecule has 0 saturated carbocycles. The Morgan fingerprint density at radius 3 is 3.08 bits per heavy atom. The van der Waals surface area contributed by atoms with Gasteiger partial charge in [0.2, 0.25) is 0 Å². The van der Waals surface area contributed by atoms with Crippen LogP contribution in [0.5, 0.6) is 0 Å². The van der Waals surface area contributed by atoms with Crippen molar-refractivity contribution in [2.24, 2.45) is 5.10 Å². The van der Waals surface area contributed by atoms with E-state index in [1.807, 2.05) is 19.1 Å². The van der Waals surface area contributed by atoms with Gasteiger partial charge >= 0.3 is 0 Å². The summed E-state index contributed by atoms with van der Waals surface area (Å²) in [4.78, 5) is 13.2. The summed E-state index contributed by atoms with van der Waals surface area (Å²) >= 11 is 0. The van der Waals surface area contributed by atoms with Crippen LogP contribution < -0.4 is 0 Å². The van der Waals surface area contributed by atoms with E-state index in [9.17, 15) is 4.79 Å². The van der Waals surface area contributed by atoms with Gasteiger partial charge in [0, 0.05) is 7.05 Å². The van der Waals surface area contributed by atoms with Crippen molar-refractivity contribution in [3.63, 3.8) is 0 Å². The van der Waals surface area contributed by atoms with Crippen molar-refractivity contribution in [3.8, 4) is 0 Å². The normalized spacial score (nSPS) is 21.2. The molecule has 2 heterocycles. The number of fused-ring (bicyclic) bond motifs is 1. The minimum atomic E-state index is 0.0110. The fourth-order valence-corrected chi connectivity index (χ4v) is 1.34. The molecule has 0 aromatic rings. The Bertz CT molecular complexity index is 341. The quantitative estimate of drug-likeness (QED) is 0.541. The summed E-state index contributed by atoms with van der Waals surface area (Å²) in [5, 5.41) is 5.99. The summed E-state index contributed by atoms with van der Waals surface area (Å²) in [5.74, 6) is 0.745. The van der Waals surface area contributed by atoms with Crippen molar-refractivity contribution in [2.45, 2.75) is 6.92 Å². The lowest BCUT2D eigenvalue weighted by molar-refractivity contribution is -0.125. The zero-order chi connectivity index (χ0) is 9.42. The van der Waals surface area contributed by atoms with E-state index in [1.54, 1.807) is 23.0 Å². The van der Waals surface area contributed by atoms with Gasteiger partial charge < -0.3 is 0 Å². The molecule has 0 spiro atoms. The molecule has 0 bridgehead atoms. The molecule has 0 radical (unpaired) electrons. The molecular weight excluding hydrogens is 166 g/mol. The fourth-order valence-electron chi connectivity index (χ4n) is 1.34. The van der Waals surface area contributed by atoms with Crippen molar-refractivity contribution < 1.29 is 4.79 Å². The van der Waals surface area contributed by atoms with Gasteiger partial charge in [-0.15, -0.1) is 0 Å². The second-order valence-electron chi connectivity index (χ2n) is 3.07. The highest BCUT2D eigenvalue weighted by Crippen LogP contribution is 2.17. The predicted molar refractivity (Wildman–Crippen MR) is 49.8 cm³/mol. The lowest BCUT2D eigenvalue weighted by Crippen LogP contribution is -2.43. The fraction of sp³-hybridized carbons (Fsp3) is 0.333. The minimum absolute atomic E-state index is 0.0110. The van der Waals surface area contributed by atoms with Crippen LogP contribution in [0.1, 0.15) is 6.92 Å². The van der Waals surface area contributed by atoms with Crippen LogP contribution in [-0.4, -0.2) is 35.2 Å². The third-order valence-corrected chi connectivity index (χ3v) is 2.22. The highest BCUT2D eigenvalue weighted by Gasteiger charge is 2.27. The SMILES string of the molecule is CC1=NN2CC=CC=C2C(=O)N1C. The average Bonchev–Trinajstić information content (AvgIpc) is 2.15. The Hall–Kier alpha value is -1.58. The summed E-state index contributed by atoms with van der Waals surface area (Å²) in [6.07, 6.45) is 5.64. The monoisotopic (exact) mass is 177 g/mol. The highest BCUT2D eigenvalue weighted by atomic mass is 16.2. The van der Waals surface area contributed by atoms with Crippen molar-refractivity contribution in [2.75, 3.05) is 13.6 Å². The summed E-state index contributed by atoms with van der Waals surface area (Å²) in [6.45, 7) is 2.51. The molecule has 0 fully saturated rings.